The maximum atomic E-state index is 13.3. The maximum Gasteiger partial charge on any atom is 0.278 e. The first-order chi connectivity index (χ1) is 13.7. The van der Waals surface area contributed by atoms with Crippen LogP contribution in [-0.2, 0) is 13.0 Å². The smallest absolute Gasteiger partial charge is 0.278 e. The fourth-order valence-corrected chi connectivity index (χ4v) is 3.01. The topological polar surface area (TPSA) is 55.2 Å². The lowest BCUT2D eigenvalue weighted by molar-refractivity contribution is 0.0980. The van der Waals surface area contributed by atoms with Gasteiger partial charge in [-0.1, -0.05) is 61.9 Å². The van der Waals surface area contributed by atoms with Gasteiger partial charge in [-0.2, -0.15) is 5.10 Å². The monoisotopic (exact) mass is 375 g/mol. The number of benzene rings is 2. The molecule has 3 rings (SSSR count). The van der Waals surface area contributed by atoms with Crippen molar-refractivity contribution in [2.24, 2.45) is 0 Å². The van der Waals surface area contributed by atoms with Crippen molar-refractivity contribution in [1.29, 1.82) is 0 Å². The summed E-state index contributed by atoms with van der Waals surface area (Å²) < 4.78 is 1.39. The van der Waals surface area contributed by atoms with E-state index in [9.17, 15) is 9.59 Å². The molecule has 0 aliphatic carbocycles. The van der Waals surface area contributed by atoms with E-state index in [1.807, 2.05) is 48.5 Å². The predicted octanol–water partition coefficient (Wildman–Crippen LogP) is 3.93. The molecule has 0 saturated carbocycles. The van der Waals surface area contributed by atoms with E-state index in [2.05, 4.69) is 24.2 Å². The molecule has 0 fully saturated rings. The Hall–Kier alpha value is -3.21. The summed E-state index contributed by atoms with van der Waals surface area (Å²) in [6.07, 6.45) is 2.54. The van der Waals surface area contributed by atoms with Crippen molar-refractivity contribution in [2.75, 3.05) is 11.4 Å². The molecule has 0 radical (unpaired) electrons. The lowest BCUT2D eigenvalue weighted by Gasteiger charge is -2.23. The van der Waals surface area contributed by atoms with Gasteiger partial charge in [0.1, 0.15) is 5.69 Å². The molecule has 0 aliphatic rings. The Labute approximate surface area is 165 Å². The van der Waals surface area contributed by atoms with E-state index in [4.69, 9.17) is 0 Å². The van der Waals surface area contributed by atoms with Crippen LogP contribution in [0, 0.1) is 0 Å². The van der Waals surface area contributed by atoms with Crippen molar-refractivity contribution < 1.29 is 4.79 Å². The lowest BCUT2D eigenvalue weighted by atomic mass is 10.1. The van der Waals surface area contributed by atoms with Crippen LogP contribution in [0.1, 0.15) is 35.8 Å². The zero-order valence-corrected chi connectivity index (χ0v) is 16.1. The Morgan fingerprint density at radius 2 is 1.64 bits per heavy atom. The van der Waals surface area contributed by atoms with E-state index in [-0.39, 0.29) is 17.2 Å². The highest BCUT2D eigenvalue weighted by Crippen LogP contribution is 2.17. The lowest BCUT2D eigenvalue weighted by Crippen LogP contribution is -2.35. The van der Waals surface area contributed by atoms with Crippen molar-refractivity contribution in [3.8, 4) is 0 Å². The predicted molar refractivity (Wildman–Crippen MR) is 112 cm³/mol. The molecule has 0 bridgehead atoms. The van der Waals surface area contributed by atoms with Crippen molar-refractivity contribution in [3.63, 3.8) is 0 Å². The van der Waals surface area contributed by atoms with E-state index < -0.39 is 0 Å². The number of carbonyl (C=O) groups excluding carboxylic acids is 1. The molecule has 0 spiro atoms. The Morgan fingerprint density at radius 1 is 0.964 bits per heavy atom. The van der Waals surface area contributed by atoms with Crippen LogP contribution in [0.3, 0.4) is 0 Å². The highest BCUT2D eigenvalue weighted by atomic mass is 16.2. The van der Waals surface area contributed by atoms with Crippen LogP contribution in [0.15, 0.2) is 77.6 Å². The third-order valence-electron chi connectivity index (χ3n) is 4.59. The van der Waals surface area contributed by atoms with Crippen LogP contribution < -0.4 is 10.5 Å². The minimum Gasteiger partial charge on any atom is -0.307 e. The van der Waals surface area contributed by atoms with Gasteiger partial charge >= 0.3 is 0 Å². The zero-order chi connectivity index (χ0) is 19.8. The third-order valence-corrected chi connectivity index (χ3v) is 4.59. The van der Waals surface area contributed by atoms with Gasteiger partial charge in [0.15, 0.2) is 0 Å². The molecule has 144 valence electrons. The average molecular weight is 375 g/mol. The van der Waals surface area contributed by atoms with Crippen LogP contribution in [-0.4, -0.2) is 22.2 Å². The molecule has 0 unspecified atom stereocenters. The number of aryl methyl sites for hydroxylation is 1. The largest absolute Gasteiger partial charge is 0.307 e. The Morgan fingerprint density at radius 3 is 2.32 bits per heavy atom. The van der Waals surface area contributed by atoms with Crippen LogP contribution >= 0.6 is 0 Å². The molecule has 0 aliphatic heterocycles. The number of para-hydroxylation sites is 1. The molecular formula is C23H25N3O2. The summed E-state index contributed by atoms with van der Waals surface area (Å²) in [6, 6.07) is 22.6. The number of unbranched alkanes of at least 4 members (excludes halogenated alkanes) is 1. The number of carbonyl (C=O) groups is 1. The van der Waals surface area contributed by atoms with Crippen molar-refractivity contribution in [1.82, 2.24) is 9.78 Å². The van der Waals surface area contributed by atoms with Crippen LogP contribution in [0.2, 0.25) is 0 Å². The number of amides is 1. The standard InChI is InChI=1S/C23H25N3O2/c1-2-3-17-26-22(27)15-14-21(24-26)23(28)25(20-12-8-5-9-13-20)18-16-19-10-6-4-7-11-19/h4-15H,2-3,16-18H2,1H3. The van der Waals surface area contributed by atoms with Gasteiger partial charge in [0.25, 0.3) is 11.5 Å². The van der Waals surface area contributed by atoms with Gasteiger partial charge in [-0.05, 0) is 36.6 Å². The summed E-state index contributed by atoms with van der Waals surface area (Å²) in [5.41, 5.74) is 2.09. The summed E-state index contributed by atoms with van der Waals surface area (Å²) in [5.74, 6) is -0.202. The van der Waals surface area contributed by atoms with Gasteiger partial charge in [-0.15, -0.1) is 0 Å². The second kappa shape index (κ2) is 9.65. The minimum absolute atomic E-state index is 0.180. The van der Waals surface area contributed by atoms with E-state index >= 15 is 0 Å². The van der Waals surface area contributed by atoms with E-state index in [1.54, 1.807) is 4.90 Å². The number of hydrogen-bond donors (Lipinski definition) is 0. The molecule has 28 heavy (non-hydrogen) atoms. The number of anilines is 1. The molecule has 2 aromatic carbocycles. The molecule has 0 saturated heterocycles. The first-order valence-corrected chi connectivity index (χ1v) is 9.68. The van der Waals surface area contributed by atoms with Gasteiger partial charge in [0, 0.05) is 24.8 Å². The van der Waals surface area contributed by atoms with Crippen molar-refractivity contribution in [2.45, 2.75) is 32.7 Å². The minimum atomic E-state index is -0.202. The summed E-state index contributed by atoms with van der Waals surface area (Å²) in [5, 5.41) is 4.32. The molecule has 3 aromatic rings. The Bertz CT molecular complexity index is 952. The fourth-order valence-electron chi connectivity index (χ4n) is 3.01. The molecule has 5 nitrogen and oxygen atoms in total. The fraction of sp³-hybridized carbons (Fsp3) is 0.261. The number of hydrogen-bond acceptors (Lipinski definition) is 3. The van der Waals surface area contributed by atoms with Gasteiger partial charge in [0.05, 0.1) is 0 Å². The van der Waals surface area contributed by atoms with E-state index in [1.165, 1.54) is 16.8 Å². The van der Waals surface area contributed by atoms with Gasteiger partial charge in [-0.3, -0.25) is 9.59 Å². The highest BCUT2D eigenvalue weighted by molar-refractivity contribution is 6.04. The molecule has 0 atom stereocenters. The normalized spacial score (nSPS) is 10.6. The second-order valence-electron chi connectivity index (χ2n) is 6.66. The number of nitrogens with zero attached hydrogens (tertiary/aromatic N) is 3. The Kier molecular flexibility index (Phi) is 6.73. The third kappa shape index (κ3) is 4.94. The van der Waals surface area contributed by atoms with Crippen LogP contribution in [0.5, 0.6) is 0 Å². The van der Waals surface area contributed by atoms with Crippen molar-refractivity contribution >= 4 is 11.6 Å². The zero-order valence-electron chi connectivity index (χ0n) is 16.1. The summed E-state index contributed by atoms with van der Waals surface area (Å²) in [7, 11) is 0. The summed E-state index contributed by atoms with van der Waals surface area (Å²) in [6.45, 7) is 3.11. The van der Waals surface area contributed by atoms with Gasteiger partial charge in [-0.25, -0.2) is 4.68 Å². The average Bonchev–Trinajstić information content (AvgIpc) is 2.74. The van der Waals surface area contributed by atoms with Gasteiger partial charge < -0.3 is 4.90 Å². The van der Waals surface area contributed by atoms with E-state index in [0.717, 1.165) is 30.5 Å². The highest BCUT2D eigenvalue weighted by Gasteiger charge is 2.20. The Balaban J connectivity index is 1.87. The molecule has 5 heteroatoms. The summed E-state index contributed by atoms with van der Waals surface area (Å²) >= 11 is 0. The number of aromatic nitrogens is 2. The SMILES string of the molecule is CCCCn1nc(C(=O)N(CCc2ccccc2)c2ccccc2)ccc1=O. The number of rotatable bonds is 8. The maximum absolute atomic E-state index is 13.3. The molecule has 0 N–H and O–H groups in total. The summed E-state index contributed by atoms with van der Waals surface area (Å²) in [4.78, 5) is 27.0. The molecule has 1 amide bonds. The molecule has 1 heterocycles. The quantitative estimate of drug-likeness (QED) is 0.599. The first kappa shape index (κ1) is 19.5. The van der Waals surface area contributed by atoms with Crippen LogP contribution in [0.4, 0.5) is 5.69 Å². The molecular weight excluding hydrogens is 350 g/mol. The van der Waals surface area contributed by atoms with E-state index in [0.29, 0.717) is 13.1 Å². The van der Waals surface area contributed by atoms with Crippen LogP contribution in [0.25, 0.3) is 0 Å². The molecule has 1 aromatic heterocycles. The van der Waals surface area contributed by atoms with Gasteiger partial charge in [0.2, 0.25) is 0 Å². The first-order valence-electron chi connectivity index (χ1n) is 9.68. The second-order valence-corrected chi connectivity index (χ2v) is 6.66. The van der Waals surface area contributed by atoms with Crippen molar-refractivity contribution in [3.05, 3.63) is 94.4 Å².